The molecule has 130 valence electrons. The number of fused-ring (bicyclic) bond motifs is 4. The van der Waals surface area contributed by atoms with Gasteiger partial charge >= 0.3 is 0 Å². The smallest absolute Gasteiger partial charge is 0.207 e. The van der Waals surface area contributed by atoms with Crippen LogP contribution in [0.25, 0.3) is 38.4 Å². The van der Waals surface area contributed by atoms with Crippen LogP contribution in [0.1, 0.15) is 44.9 Å². The maximum Gasteiger partial charge on any atom is 0.272 e. The average molecular weight is 343 g/mol. The molecule has 5 nitrogen and oxygen atoms in total. The minimum absolute atomic E-state index is 0.595. The molecule has 0 aliphatic heterocycles. The number of aryl methyl sites for hydroxylation is 1. The van der Waals surface area contributed by atoms with Crippen molar-refractivity contribution in [2.75, 3.05) is 0 Å². The lowest BCUT2D eigenvalue weighted by Crippen LogP contribution is -2.00. The van der Waals surface area contributed by atoms with Crippen LogP contribution in [0.15, 0.2) is 36.4 Å². The van der Waals surface area contributed by atoms with Crippen molar-refractivity contribution in [1.29, 1.82) is 0 Å². The summed E-state index contributed by atoms with van der Waals surface area (Å²) in [7, 11) is 0. The summed E-state index contributed by atoms with van der Waals surface area (Å²) in [5.41, 5.74) is 1.86. The Bertz CT molecular complexity index is 1200. The van der Waals surface area contributed by atoms with Gasteiger partial charge < -0.3 is 0 Å². The highest BCUT2D eigenvalue weighted by atomic mass is 15.4. The largest absolute Gasteiger partial charge is 0.272 e. The van der Waals surface area contributed by atoms with Crippen LogP contribution in [0.4, 0.5) is 0 Å². The highest BCUT2D eigenvalue weighted by Crippen LogP contribution is 2.35. The Kier molecular flexibility index (Phi) is 3.66. The van der Waals surface area contributed by atoms with Crippen LogP contribution < -0.4 is 0 Å². The summed E-state index contributed by atoms with van der Waals surface area (Å²) < 4.78 is 1.84. The average Bonchev–Trinajstić information content (AvgIpc) is 3.21. The zero-order valence-corrected chi connectivity index (χ0v) is 14.9. The molecule has 5 heteroatoms. The van der Waals surface area contributed by atoms with Crippen molar-refractivity contribution < 1.29 is 0 Å². The van der Waals surface area contributed by atoms with E-state index in [2.05, 4.69) is 53.5 Å². The first-order chi connectivity index (χ1) is 12.9. The molecule has 2 aromatic heterocycles. The number of hydrogen-bond acceptors (Lipinski definition) is 4. The first-order valence-corrected chi connectivity index (χ1v) is 9.51. The summed E-state index contributed by atoms with van der Waals surface area (Å²) in [5, 5.41) is 18.3. The molecule has 0 saturated heterocycles. The van der Waals surface area contributed by atoms with Crippen molar-refractivity contribution in [3.63, 3.8) is 0 Å². The second-order valence-corrected chi connectivity index (χ2v) is 7.01. The maximum atomic E-state index is 4.90. The van der Waals surface area contributed by atoms with Crippen LogP contribution in [-0.2, 0) is 6.42 Å². The van der Waals surface area contributed by atoms with Gasteiger partial charge in [0.05, 0.1) is 0 Å². The van der Waals surface area contributed by atoms with E-state index in [9.17, 15) is 0 Å². The van der Waals surface area contributed by atoms with E-state index in [1.54, 1.807) is 0 Å². The zero-order valence-electron chi connectivity index (χ0n) is 14.9. The third-order valence-corrected chi connectivity index (χ3v) is 5.24. The lowest BCUT2D eigenvalue weighted by Gasteiger charge is -2.00. The fraction of sp³-hybridized carbons (Fsp3) is 0.333. The number of aromatic nitrogens is 5. The molecular formula is C21H21N5. The van der Waals surface area contributed by atoms with Crippen molar-refractivity contribution in [1.82, 2.24) is 24.8 Å². The Morgan fingerprint density at radius 1 is 0.846 bits per heavy atom. The second-order valence-electron chi connectivity index (χ2n) is 7.01. The Balaban J connectivity index is 1.62. The molecule has 2 heterocycles. The van der Waals surface area contributed by atoms with Crippen molar-refractivity contribution in [2.24, 2.45) is 0 Å². The SMILES string of the molecule is CCCCCCCc1nnc2nc3c4cccc5cccc(c3nn12)c54. The molecule has 0 atom stereocenters. The third kappa shape index (κ3) is 2.30. The van der Waals surface area contributed by atoms with E-state index in [1.165, 1.54) is 36.5 Å². The van der Waals surface area contributed by atoms with Gasteiger partial charge in [0.2, 0.25) is 0 Å². The van der Waals surface area contributed by atoms with Crippen LogP contribution in [0.5, 0.6) is 0 Å². The lowest BCUT2D eigenvalue weighted by atomic mass is 10.1. The normalized spacial score (nSPS) is 12.2. The van der Waals surface area contributed by atoms with E-state index in [-0.39, 0.29) is 0 Å². The number of nitrogens with zero attached hydrogens (tertiary/aromatic N) is 5. The van der Waals surface area contributed by atoms with E-state index in [4.69, 9.17) is 10.1 Å². The molecule has 0 N–H and O–H groups in total. The highest BCUT2D eigenvalue weighted by Gasteiger charge is 2.17. The molecule has 0 saturated carbocycles. The van der Waals surface area contributed by atoms with Gasteiger partial charge in [0.1, 0.15) is 11.0 Å². The Morgan fingerprint density at radius 2 is 1.62 bits per heavy atom. The van der Waals surface area contributed by atoms with Crippen molar-refractivity contribution in [3.05, 3.63) is 42.2 Å². The monoisotopic (exact) mass is 343 g/mol. The summed E-state index contributed by atoms with van der Waals surface area (Å²) in [6.07, 6.45) is 7.09. The van der Waals surface area contributed by atoms with E-state index in [0.29, 0.717) is 5.78 Å². The molecule has 0 fully saturated rings. The minimum atomic E-state index is 0.595. The van der Waals surface area contributed by atoms with E-state index < -0.39 is 0 Å². The zero-order chi connectivity index (χ0) is 17.5. The predicted molar refractivity (Wildman–Crippen MR) is 105 cm³/mol. The molecule has 5 aromatic rings. The minimum Gasteiger partial charge on any atom is -0.207 e. The van der Waals surface area contributed by atoms with E-state index >= 15 is 0 Å². The van der Waals surface area contributed by atoms with Gasteiger partial charge in [-0.1, -0.05) is 69.0 Å². The van der Waals surface area contributed by atoms with Gasteiger partial charge in [0.15, 0.2) is 5.82 Å². The molecule has 0 bridgehead atoms. The first-order valence-electron chi connectivity index (χ1n) is 9.51. The molecule has 0 unspecified atom stereocenters. The van der Waals surface area contributed by atoms with Crippen LogP contribution in [-0.4, -0.2) is 24.8 Å². The van der Waals surface area contributed by atoms with Gasteiger partial charge in [-0.05, 0) is 11.8 Å². The summed E-state index contributed by atoms with van der Waals surface area (Å²) in [5.74, 6) is 1.51. The lowest BCUT2D eigenvalue weighted by molar-refractivity contribution is 0.616. The fourth-order valence-electron chi connectivity index (χ4n) is 3.92. The van der Waals surface area contributed by atoms with Gasteiger partial charge in [-0.3, -0.25) is 0 Å². The quantitative estimate of drug-likeness (QED) is 0.410. The number of benzene rings is 2. The molecule has 0 radical (unpaired) electrons. The third-order valence-electron chi connectivity index (χ3n) is 5.24. The van der Waals surface area contributed by atoms with Gasteiger partial charge in [0.25, 0.3) is 5.78 Å². The molecule has 0 amide bonds. The first kappa shape index (κ1) is 15.4. The van der Waals surface area contributed by atoms with Gasteiger partial charge in [0, 0.05) is 22.6 Å². The van der Waals surface area contributed by atoms with Crippen LogP contribution in [0.2, 0.25) is 0 Å². The summed E-state index contributed by atoms with van der Waals surface area (Å²) in [6, 6.07) is 12.7. The van der Waals surface area contributed by atoms with Gasteiger partial charge in [-0.25, -0.2) is 4.98 Å². The van der Waals surface area contributed by atoms with Crippen LogP contribution in [0.3, 0.4) is 0 Å². The standard InChI is InChI=1S/C21H21N5/c1-2-3-4-5-6-13-17-23-24-21-22-19-15-11-7-9-14-10-8-12-16(18(14)15)20(19)25-26(17)21/h7-12H,2-6,13H2,1H3. The Hall–Kier alpha value is -2.82. The number of rotatable bonds is 6. The summed E-state index contributed by atoms with van der Waals surface area (Å²) in [4.78, 5) is 4.80. The molecule has 0 aliphatic carbocycles. The van der Waals surface area contributed by atoms with Crippen molar-refractivity contribution in [2.45, 2.75) is 45.4 Å². The molecule has 5 rings (SSSR count). The topological polar surface area (TPSA) is 56.0 Å². The highest BCUT2D eigenvalue weighted by molar-refractivity contribution is 6.27. The maximum absolute atomic E-state index is 4.90. The Morgan fingerprint density at radius 3 is 2.42 bits per heavy atom. The van der Waals surface area contributed by atoms with Crippen LogP contribution >= 0.6 is 0 Å². The summed E-state index contributed by atoms with van der Waals surface area (Å²) >= 11 is 0. The van der Waals surface area contributed by atoms with Gasteiger partial charge in [-0.2, -0.15) is 9.61 Å². The molecule has 0 spiro atoms. The second kappa shape index (κ2) is 6.16. The summed E-state index contributed by atoms with van der Waals surface area (Å²) in [6.45, 7) is 2.24. The molecular weight excluding hydrogens is 322 g/mol. The fourth-order valence-corrected chi connectivity index (χ4v) is 3.92. The van der Waals surface area contributed by atoms with Crippen molar-refractivity contribution in [3.8, 4) is 0 Å². The van der Waals surface area contributed by atoms with Crippen LogP contribution in [0, 0.1) is 0 Å². The van der Waals surface area contributed by atoms with Gasteiger partial charge in [-0.15, -0.1) is 10.2 Å². The molecule has 26 heavy (non-hydrogen) atoms. The predicted octanol–water partition coefficient (Wildman–Crippen LogP) is 4.93. The number of hydrogen-bond donors (Lipinski definition) is 0. The Labute approximate surface area is 151 Å². The van der Waals surface area contributed by atoms with Crippen molar-refractivity contribution >= 4 is 38.4 Å². The molecule has 0 aliphatic rings. The molecule has 3 aromatic carbocycles. The van der Waals surface area contributed by atoms with E-state index in [0.717, 1.165) is 40.5 Å². The van der Waals surface area contributed by atoms with E-state index in [1.807, 2.05) is 4.52 Å². The number of unbranched alkanes of at least 4 members (excludes halogenated alkanes) is 4.